The Hall–Kier alpha value is -1.70. The number of rotatable bonds is 6. The molecule has 1 unspecified atom stereocenters. The first-order valence-corrected chi connectivity index (χ1v) is 10.6. The lowest BCUT2D eigenvalue weighted by molar-refractivity contribution is 0.191. The molecular formula is C18H25N3O3S. The molecule has 1 aromatic carbocycles. The zero-order chi connectivity index (χ0) is 18.0. The number of aromatic nitrogens is 2. The topological polar surface area (TPSA) is 75.4 Å². The lowest BCUT2D eigenvalue weighted by Gasteiger charge is -2.28. The number of hydrogen-bond acceptors (Lipinski definition) is 5. The van der Waals surface area contributed by atoms with Gasteiger partial charge in [-0.1, -0.05) is 31.2 Å². The minimum Gasteiger partial charge on any atom is -0.386 e. The van der Waals surface area contributed by atoms with Gasteiger partial charge in [0, 0.05) is 25.9 Å². The Bertz CT molecular complexity index is 845. The Morgan fingerprint density at radius 3 is 2.64 bits per heavy atom. The highest BCUT2D eigenvalue weighted by Gasteiger charge is 2.23. The zero-order valence-electron chi connectivity index (χ0n) is 14.7. The Balaban J connectivity index is 1.71. The summed E-state index contributed by atoms with van der Waals surface area (Å²) in [6.07, 6.45) is 1.07. The van der Waals surface area contributed by atoms with Crippen molar-refractivity contribution in [2.75, 3.05) is 18.6 Å². The molecule has 0 fully saturated rings. The van der Waals surface area contributed by atoms with Crippen LogP contribution in [0.1, 0.15) is 35.5 Å². The van der Waals surface area contributed by atoms with Crippen molar-refractivity contribution in [2.24, 2.45) is 0 Å². The van der Waals surface area contributed by atoms with Crippen LogP contribution in [-0.4, -0.2) is 46.8 Å². The zero-order valence-corrected chi connectivity index (χ0v) is 15.5. The summed E-state index contributed by atoms with van der Waals surface area (Å²) in [4.78, 5) is 2.36. The summed E-state index contributed by atoms with van der Waals surface area (Å²) in [5, 5.41) is 14.5. The summed E-state index contributed by atoms with van der Waals surface area (Å²) in [5.41, 5.74) is 4.17. The van der Waals surface area contributed by atoms with Crippen molar-refractivity contribution in [3.8, 4) is 0 Å². The van der Waals surface area contributed by atoms with Gasteiger partial charge in [0.05, 0.1) is 23.7 Å². The number of fused-ring (bicyclic) bond motifs is 1. The molecular weight excluding hydrogens is 338 g/mol. The highest BCUT2D eigenvalue weighted by molar-refractivity contribution is 7.90. The summed E-state index contributed by atoms with van der Waals surface area (Å²) in [6.45, 7) is 5.43. The highest BCUT2D eigenvalue weighted by Crippen LogP contribution is 2.21. The molecule has 7 heteroatoms. The Labute approximate surface area is 149 Å². The second kappa shape index (κ2) is 7.27. The quantitative estimate of drug-likeness (QED) is 0.843. The standard InChI is InChI=1S/C18H25N3O3S/c1-3-14-6-4-5-7-15(14)11-20-8-9-21-16(12-20)10-17(19-21)18(22)13-25(2,23)24/h4-7,10,18,22H,3,8-9,11-13H2,1-2H3. The number of hydrogen-bond donors (Lipinski definition) is 1. The van der Waals surface area contributed by atoms with E-state index in [2.05, 4.69) is 41.2 Å². The summed E-state index contributed by atoms with van der Waals surface area (Å²) in [7, 11) is -3.24. The van der Waals surface area contributed by atoms with E-state index in [0.29, 0.717) is 5.69 Å². The van der Waals surface area contributed by atoms with Crippen molar-refractivity contribution in [3.63, 3.8) is 0 Å². The van der Waals surface area contributed by atoms with E-state index in [4.69, 9.17) is 0 Å². The molecule has 0 aliphatic carbocycles. The molecule has 0 saturated carbocycles. The maximum atomic E-state index is 11.4. The summed E-state index contributed by atoms with van der Waals surface area (Å²) >= 11 is 0. The van der Waals surface area contributed by atoms with E-state index >= 15 is 0 Å². The van der Waals surface area contributed by atoms with E-state index < -0.39 is 15.9 Å². The summed E-state index contributed by atoms with van der Waals surface area (Å²) in [5.74, 6) is -0.295. The van der Waals surface area contributed by atoms with Gasteiger partial charge in [0.15, 0.2) is 0 Å². The minimum atomic E-state index is -3.24. The molecule has 1 aliphatic rings. The van der Waals surface area contributed by atoms with E-state index in [-0.39, 0.29) is 5.75 Å². The van der Waals surface area contributed by atoms with Crippen LogP contribution in [0.3, 0.4) is 0 Å². The highest BCUT2D eigenvalue weighted by atomic mass is 32.2. The van der Waals surface area contributed by atoms with Crippen molar-refractivity contribution >= 4 is 9.84 Å². The van der Waals surface area contributed by atoms with Crippen LogP contribution in [0.25, 0.3) is 0 Å². The third-order valence-electron chi connectivity index (χ3n) is 4.59. The van der Waals surface area contributed by atoms with Gasteiger partial charge in [-0.3, -0.25) is 9.58 Å². The van der Waals surface area contributed by atoms with E-state index in [9.17, 15) is 13.5 Å². The maximum Gasteiger partial charge on any atom is 0.150 e. The molecule has 3 rings (SSSR count). The van der Waals surface area contributed by atoms with Crippen LogP contribution < -0.4 is 0 Å². The first-order chi connectivity index (χ1) is 11.9. The van der Waals surface area contributed by atoms with Crippen molar-refractivity contribution in [3.05, 3.63) is 52.8 Å². The number of aliphatic hydroxyl groups is 1. The predicted octanol–water partition coefficient (Wildman–Crippen LogP) is 1.54. The summed E-state index contributed by atoms with van der Waals surface area (Å²) < 4.78 is 24.6. The number of aryl methyl sites for hydroxylation is 1. The van der Waals surface area contributed by atoms with Crippen molar-refractivity contribution in [1.29, 1.82) is 0 Å². The molecule has 0 amide bonds. The second-order valence-corrected chi connectivity index (χ2v) is 8.91. The molecule has 0 saturated heterocycles. The van der Waals surface area contributed by atoms with Crippen molar-refractivity contribution in [2.45, 2.75) is 39.1 Å². The Morgan fingerprint density at radius 1 is 1.24 bits per heavy atom. The molecule has 1 atom stereocenters. The van der Waals surface area contributed by atoms with Gasteiger partial charge in [-0.05, 0) is 23.6 Å². The average molecular weight is 363 g/mol. The molecule has 0 bridgehead atoms. The molecule has 1 aliphatic heterocycles. The lowest BCUT2D eigenvalue weighted by Crippen LogP contribution is -2.33. The first kappa shape index (κ1) is 18.1. The fourth-order valence-corrected chi connectivity index (χ4v) is 4.05. The SMILES string of the molecule is CCc1ccccc1CN1CCn2nc(C(O)CS(C)(=O)=O)cc2C1. The Morgan fingerprint density at radius 2 is 1.96 bits per heavy atom. The van der Waals surface area contributed by atoms with Gasteiger partial charge >= 0.3 is 0 Å². The normalized spacial score (nSPS) is 16.6. The third kappa shape index (κ3) is 4.48. The minimum absolute atomic E-state index is 0.295. The van der Waals surface area contributed by atoms with Gasteiger partial charge in [-0.25, -0.2) is 8.42 Å². The molecule has 1 aromatic heterocycles. The van der Waals surface area contributed by atoms with Gasteiger partial charge < -0.3 is 5.11 Å². The third-order valence-corrected chi connectivity index (χ3v) is 5.51. The lowest BCUT2D eigenvalue weighted by atomic mass is 10.0. The monoisotopic (exact) mass is 363 g/mol. The molecule has 0 radical (unpaired) electrons. The molecule has 6 nitrogen and oxygen atoms in total. The van der Waals surface area contributed by atoms with Gasteiger partial charge in [0.25, 0.3) is 0 Å². The van der Waals surface area contributed by atoms with Crippen molar-refractivity contribution in [1.82, 2.24) is 14.7 Å². The molecule has 25 heavy (non-hydrogen) atoms. The fraction of sp³-hybridized carbons (Fsp3) is 0.500. The van der Waals surface area contributed by atoms with E-state index in [1.807, 2.05) is 10.7 Å². The number of nitrogens with zero attached hydrogens (tertiary/aromatic N) is 3. The number of aliphatic hydroxyl groups excluding tert-OH is 1. The van der Waals surface area contributed by atoms with Crippen LogP contribution in [0.2, 0.25) is 0 Å². The molecule has 2 heterocycles. The largest absolute Gasteiger partial charge is 0.386 e. The molecule has 1 N–H and O–H groups in total. The molecule has 2 aromatic rings. The van der Waals surface area contributed by atoms with Gasteiger partial charge in [-0.2, -0.15) is 5.10 Å². The molecule has 0 spiro atoms. The number of sulfone groups is 1. The Kier molecular flexibility index (Phi) is 5.27. The van der Waals surface area contributed by atoms with Gasteiger partial charge in [-0.15, -0.1) is 0 Å². The maximum absolute atomic E-state index is 11.4. The van der Waals surface area contributed by atoms with Crippen LogP contribution in [0.15, 0.2) is 30.3 Å². The molecule has 136 valence electrons. The van der Waals surface area contributed by atoms with Crippen LogP contribution in [-0.2, 0) is 35.9 Å². The van der Waals surface area contributed by atoms with Crippen LogP contribution in [0.5, 0.6) is 0 Å². The average Bonchev–Trinajstić information content (AvgIpc) is 2.97. The van der Waals surface area contributed by atoms with Crippen LogP contribution in [0.4, 0.5) is 0 Å². The van der Waals surface area contributed by atoms with E-state index in [1.54, 1.807) is 0 Å². The second-order valence-electron chi connectivity index (χ2n) is 6.72. The number of benzene rings is 1. The van der Waals surface area contributed by atoms with Gasteiger partial charge in [0.1, 0.15) is 15.9 Å². The van der Waals surface area contributed by atoms with Gasteiger partial charge in [0.2, 0.25) is 0 Å². The van der Waals surface area contributed by atoms with Crippen LogP contribution in [0, 0.1) is 0 Å². The smallest absolute Gasteiger partial charge is 0.150 e. The predicted molar refractivity (Wildman–Crippen MR) is 96.8 cm³/mol. The summed E-state index contributed by atoms with van der Waals surface area (Å²) in [6, 6.07) is 10.3. The van der Waals surface area contributed by atoms with Crippen molar-refractivity contribution < 1.29 is 13.5 Å². The van der Waals surface area contributed by atoms with E-state index in [0.717, 1.165) is 44.5 Å². The van der Waals surface area contributed by atoms with E-state index in [1.165, 1.54) is 11.1 Å². The fourth-order valence-electron chi connectivity index (χ4n) is 3.31. The van der Waals surface area contributed by atoms with Crippen LogP contribution >= 0.6 is 0 Å². The first-order valence-electron chi connectivity index (χ1n) is 8.57.